The first-order valence-corrected chi connectivity index (χ1v) is 10.5. The molecule has 2 rings (SSSR count). The van der Waals surface area contributed by atoms with Crippen LogP contribution in [0, 0.1) is 0 Å². The van der Waals surface area contributed by atoms with Crippen molar-refractivity contribution in [1.82, 2.24) is 5.32 Å². The van der Waals surface area contributed by atoms with Crippen molar-refractivity contribution in [2.75, 3.05) is 25.9 Å². The smallest absolute Gasteiger partial charge is 0.340 e. The van der Waals surface area contributed by atoms with Gasteiger partial charge in [-0.15, -0.1) is 0 Å². The molecule has 1 N–H and O–H groups in total. The van der Waals surface area contributed by atoms with Crippen LogP contribution in [0.2, 0.25) is 0 Å². The van der Waals surface area contributed by atoms with Gasteiger partial charge >= 0.3 is 7.60 Å². The summed E-state index contributed by atoms with van der Waals surface area (Å²) in [4.78, 5) is 12.3. The average molecular weight is 353 g/mol. The van der Waals surface area contributed by atoms with Gasteiger partial charge in [-0.2, -0.15) is 0 Å². The average Bonchev–Trinajstić information content (AvgIpc) is 3.04. The van der Waals surface area contributed by atoms with Crippen LogP contribution in [0.3, 0.4) is 0 Å². The molecule has 1 fully saturated rings. The second-order valence-corrected chi connectivity index (χ2v) is 8.29. The fourth-order valence-corrected chi connectivity index (χ4v) is 4.94. The molecule has 0 heterocycles. The van der Waals surface area contributed by atoms with Crippen LogP contribution in [-0.4, -0.2) is 31.8 Å². The Kier molecular flexibility index (Phi) is 7.02. The van der Waals surface area contributed by atoms with Crippen molar-refractivity contribution in [3.63, 3.8) is 0 Å². The molecule has 6 heteroatoms. The molecule has 0 bridgehead atoms. The lowest BCUT2D eigenvalue weighted by atomic mass is 9.79. The Morgan fingerprint density at radius 2 is 1.71 bits per heavy atom. The Balaban J connectivity index is 2.00. The van der Waals surface area contributed by atoms with E-state index in [1.807, 2.05) is 18.2 Å². The van der Waals surface area contributed by atoms with Crippen molar-refractivity contribution in [3.8, 4) is 0 Å². The summed E-state index contributed by atoms with van der Waals surface area (Å²) < 4.78 is 22.9. The second-order valence-electron chi connectivity index (χ2n) is 6.23. The topological polar surface area (TPSA) is 64.6 Å². The lowest BCUT2D eigenvalue weighted by Crippen LogP contribution is -2.40. The van der Waals surface area contributed by atoms with Gasteiger partial charge in [0.05, 0.1) is 13.2 Å². The zero-order valence-electron chi connectivity index (χ0n) is 14.6. The molecule has 1 aliphatic carbocycles. The van der Waals surface area contributed by atoms with Crippen molar-refractivity contribution in [3.05, 3.63) is 35.9 Å². The number of hydrogen-bond acceptors (Lipinski definition) is 4. The third-order valence-electron chi connectivity index (χ3n) is 4.56. The van der Waals surface area contributed by atoms with Gasteiger partial charge in [0.1, 0.15) is 6.16 Å². The Morgan fingerprint density at radius 1 is 1.12 bits per heavy atom. The fraction of sp³-hybridized carbons (Fsp3) is 0.611. The number of carbonyl (C=O) groups excluding carboxylic acids is 1. The van der Waals surface area contributed by atoms with E-state index in [0.717, 1.165) is 12.8 Å². The summed E-state index contributed by atoms with van der Waals surface area (Å²) in [6.45, 7) is 4.57. The molecular formula is C18H28NO4P. The highest BCUT2D eigenvalue weighted by Gasteiger charge is 2.36. The predicted octanol–water partition coefficient (Wildman–Crippen LogP) is 3.88. The van der Waals surface area contributed by atoms with Crippen LogP contribution in [-0.2, 0) is 23.8 Å². The minimum Gasteiger partial charge on any atom is -0.355 e. The van der Waals surface area contributed by atoms with Gasteiger partial charge in [0.25, 0.3) is 0 Å². The van der Waals surface area contributed by atoms with Crippen LogP contribution >= 0.6 is 7.60 Å². The Labute approximate surface area is 144 Å². The summed E-state index contributed by atoms with van der Waals surface area (Å²) in [7, 11) is -3.34. The van der Waals surface area contributed by atoms with Crippen LogP contribution in [0.25, 0.3) is 0 Å². The van der Waals surface area contributed by atoms with Crippen LogP contribution in [0.4, 0.5) is 0 Å². The van der Waals surface area contributed by atoms with Crippen molar-refractivity contribution >= 4 is 13.5 Å². The van der Waals surface area contributed by atoms with Gasteiger partial charge in [-0.1, -0.05) is 43.2 Å². The van der Waals surface area contributed by atoms with E-state index in [-0.39, 0.29) is 30.7 Å². The van der Waals surface area contributed by atoms with Gasteiger partial charge in [-0.3, -0.25) is 9.36 Å². The number of hydrogen-bond donors (Lipinski definition) is 1. The zero-order valence-corrected chi connectivity index (χ0v) is 15.5. The van der Waals surface area contributed by atoms with E-state index in [4.69, 9.17) is 9.05 Å². The highest BCUT2D eigenvalue weighted by atomic mass is 31.2. The number of nitrogens with one attached hydrogen (secondary N) is 1. The summed E-state index contributed by atoms with van der Waals surface area (Å²) >= 11 is 0. The van der Waals surface area contributed by atoms with Gasteiger partial charge < -0.3 is 14.4 Å². The van der Waals surface area contributed by atoms with E-state index >= 15 is 0 Å². The molecule has 0 spiro atoms. The van der Waals surface area contributed by atoms with E-state index in [1.165, 1.54) is 18.4 Å². The molecule has 0 saturated heterocycles. The molecular weight excluding hydrogens is 325 g/mol. The standard InChI is InChI=1S/C18H28NO4P/c1-3-22-24(21,23-4-2)14-17(20)19-15-18(12-8-9-13-18)16-10-6-5-7-11-16/h5-7,10-11H,3-4,8-9,12-15H2,1-2H3,(H,19,20). The summed E-state index contributed by atoms with van der Waals surface area (Å²) in [5.74, 6) is -0.276. The molecule has 0 aliphatic heterocycles. The Bertz CT molecular complexity index is 560. The van der Waals surface area contributed by atoms with E-state index in [2.05, 4.69) is 17.4 Å². The van der Waals surface area contributed by atoms with Crippen molar-refractivity contribution in [2.24, 2.45) is 0 Å². The molecule has 24 heavy (non-hydrogen) atoms. The summed E-state index contributed by atoms with van der Waals surface area (Å²) in [5.41, 5.74) is 1.25. The quantitative estimate of drug-likeness (QED) is 0.684. The van der Waals surface area contributed by atoms with Crippen LogP contribution in [0.1, 0.15) is 45.1 Å². The van der Waals surface area contributed by atoms with Crippen molar-refractivity contribution < 1.29 is 18.4 Å². The SMILES string of the molecule is CCOP(=O)(CC(=O)NCC1(c2ccccc2)CCCC1)OCC. The normalized spacial score (nSPS) is 16.9. The predicted molar refractivity (Wildman–Crippen MR) is 95.3 cm³/mol. The Morgan fingerprint density at radius 3 is 2.25 bits per heavy atom. The molecule has 0 aromatic heterocycles. The first kappa shape index (κ1) is 19.2. The largest absolute Gasteiger partial charge is 0.355 e. The lowest BCUT2D eigenvalue weighted by Gasteiger charge is -2.30. The third kappa shape index (κ3) is 4.92. The summed E-state index contributed by atoms with van der Waals surface area (Å²) in [5, 5.41) is 2.97. The number of rotatable bonds is 9. The van der Waals surface area contributed by atoms with Crippen molar-refractivity contribution in [2.45, 2.75) is 44.9 Å². The first-order valence-electron chi connectivity index (χ1n) is 8.74. The zero-order chi connectivity index (χ0) is 17.5. The molecule has 1 aliphatic rings. The molecule has 0 unspecified atom stereocenters. The van der Waals surface area contributed by atoms with E-state index in [9.17, 15) is 9.36 Å². The first-order chi connectivity index (χ1) is 11.5. The van der Waals surface area contributed by atoms with E-state index in [0.29, 0.717) is 6.54 Å². The number of benzene rings is 1. The molecule has 0 radical (unpaired) electrons. The Hall–Kier alpha value is -1.16. The maximum absolute atomic E-state index is 12.5. The molecule has 1 aromatic rings. The van der Waals surface area contributed by atoms with E-state index < -0.39 is 7.60 Å². The maximum atomic E-state index is 12.5. The van der Waals surface area contributed by atoms with Crippen LogP contribution in [0.5, 0.6) is 0 Å². The van der Waals surface area contributed by atoms with Gasteiger partial charge in [-0.25, -0.2) is 0 Å². The maximum Gasteiger partial charge on any atom is 0.340 e. The second kappa shape index (κ2) is 8.80. The molecule has 134 valence electrons. The van der Waals surface area contributed by atoms with Gasteiger partial charge in [0.2, 0.25) is 5.91 Å². The van der Waals surface area contributed by atoms with Gasteiger partial charge in [0, 0.05) is 12.0 Å². The van der Waals surface area contributed by atoms with Gasteiger partial charge in [0.15, 0.2) is 0 Å². The molecule has 5 nitrogen and oxygen atoms in total. The van der Waals surface area contributed by atoms with Crippen molar-refractivity contribution in [1.29, 1.82) is 0 Å². The van der Waals surface area contributed by atoms with E-state index in [1.54, 1.807) is 13.8 Å². The van der Waals surface area contributed by atoms with Crippen LogP contribution in [0.15, 0.2) is 30.3 Å². The molecule has 0 atom stereocenters. The number of carbonyl (C=O) groups is 1. The minimum atomic E-state index is -3.34. The molecule has 1 aromatic carbocycles. The lowest BCUT2D eigenvalue weighted by molar-refractivity contribution is -0.119. The summed E-state index contributed by atoms with van der Waals surface area (Å²) in [6, 6.07) is 10.3. The monoisotopic (exact) mass is 353 g/mol. The summed E-state index contributed by atoms with van der Waals surface area (Å²) in [6.07, 6.45) is 4.24. The fourth-order valence-electron chi connectivity index (χ4n) is 3.43. The third-order valence-corrected chi connectivity index (χ3v) is 6.54. The highest BCUT2D eigenvalue weighted by Crippen LogP contribution is 2.47. The molecule has 1 amide bonds. The van der Waals surface area contributed by atoms with Crippen LogP contribution < -0.4 is 5.32 Å². The number of amides is 1. The minimum absolute atomic E-state index is 0.0157. The van der Waals surface area contributed by atoms with Gasteiger partial charge in [-0.05, 0) is 32.3 Å². The molecule has 1 saturated carbocycles. The highest BCUT2D eigenvalue weighted by molar-refractivity contribution is 7.54.